The zero-order valence-corrected chi connectivity index (χ0v) is 19.4. The third kappa shape index (κ3) is 4.47. The van der Waals surface area contributed by atoms with E-state index in [1.165, 1.54) is 4.90 Å². The minimum absolute atomic E-state index is 0.0311. The molecule has 2 fully saturated rings. The van der Waals surface area contributed by atoms with Gasteiger partial charge in [-0.3, -0.25) is 9.36 Å². The molecule has 14 heteroatoms. The lowest BCUT2D eigenvalue weighted by Gasteiger charge is -2.24. The van der Waals surface area contributed by atoms with E-state index < -0.39 is 75.0 Å². The smallest absolute Gasteiger partial charge is 0.424 e. The van der Waals surface area contributed by atoms with E-state index in [1.807, 2.05) is 0 Å². The first-order valence-electron chi connectivity index (χ1n) is 11.0. The zero-order valence-electron chi connectivity index (χ0n) is 19.4. The Labute approximate surface area is 197 Å². The van der Waals surface area contributed by atoms with Crippen LogP contribution in [0, 0.1) is 11.6 Å². The Morgan fingerprint density at radius 2 is 1.80 bits per heavy atom. The van der Waals surface area contributed by atoms with Gasteiger partial charge < -0.3 is 25.8 Å². The highest BCUT2D eigenvalue weighted by Crippen LogP contribution is 2.40. The van der Waals surface area contributed by atoms with Gasteiger partial charge in [-0.15, -0.1) is 0 Å². The number of nitrogens with one attached hydrogen (secondary N) is 2. The van der Waals surface area contributed by atoms with Crippen LogP contribution in [0.25, 0.3) is 10.9 Å². The van der Waals surface area contributed by atoms with Crippen molar-refractivity contribution in [2.75, 3.05) is 29.1 Å². The maximum absolute atomic E-state index is 15.9. The normalized spacial score (nSPS) is 18.1. The Kier molecular flexibility index (Phi) is 5.85. The highest BCUT2D eigenvalue weighted by Gasteiger charge is 2.36. The molecule has 2 amide bonds. The number of fused-ring (bicyclic) bond motifs is 1. The topological polar surface area (TPSA) is 161 Å². The van der Waals surface area contributed by atoms with Crippen molar-refractivity contribution in [2.45, 2.75) is 57.7 Å². The molecule has 1 aromatic heterocycles. The predicted octanol–water partition coefficient (Wildman–Crippen LogP) is 1.68. The van der Waals surface area contributed by atoms with E-state index >= 15 is 8.78 Å². The standard InChI is InChI=1S/C21H26F2N6O6/c1-21(2,3)35-19(33)25-9-6-7-27(8-9)16-12(22)14(24)11-15(13(16)23)28(10-4-5-10)20(34)29(17(11)30)26-18(31)32/h9-10,26H,4-8,24H2,1-3H3,(H,25,33)(H,31,32)/t9-/m0/s1. The van der Waals surface area contributed by atoms with Gasteiger partial charge in [0.05, 0.1) is 22.6 Å². The number of alkyl carbamates (subject to hydrolysis) is 1. The van der Waals surface area contributed by atoms with Gasteiger partial charge in [-0.1, -0.05) is 0 Å². The molecule has 1 atom stereocenters. The number of rotatable bonds is 4. The monoisotopic (exact) mass is 496 g/mol. The van der Waals surface area contributed by atoms with Gasteiger partial charge in [-0.2, -0.15) is 4.68 Å². The molecule has 35 heavy (non-hydrogen) atoms. The molecule has 1 saturated carbocycles. The molecule has 190 valence electrons. The average Bonchev–Trinajstić information content (AvgIpc) is 3.47. The van der Waals surface area contributed by atoms with Gasteiger partial charge in [0.2, 0.25) is 0 Å². The number of hydrogen-bond acceptors (Lipinski definition) is 7. The average molecular weight is 496 g/mol. The summed E-state index contributed by atoms with van der Waals surface area (Å²) in [5.74, 6) is -2.37. The van der Waals surface area contributed by atoms with Gasteiger partial charge in [0, 0.05) is 19.1 Å². The lowest BCUT2D eigenvalue weighted by atomic mass is 10.1. The van der Waals surface area contributed by atoms with Crippen LogP contribution < -0.4 is 32.6 Å². The zero-order chi connectivity index (χ0) is 25.8. The number of halogens is 2. The van der Waals surface area contributed by atoms with E-state index in [4.69, 9.17) is 15.6 Å². The summed E-state index contributed by atoms with van der Waals surface area (Å²) < 4.78 is 37.6. The molecule has 12 nitrogen and oxygen atoms in total. The van der Waals surface area contributed by atoms with E-state index in [9.17, 15) is 19.2 Å². The van der Waals surface area contributed by atoms with Crippen molar-refractivity contribution < 1.29 is 28.2 Å². The SMILES string of the molecule is CC(C)(C)OC(=O)N[C@H]1CCN(c2c(F)c(N)c3c(=O)n(NC(=O)O)c(=O)n(C4CC4)c3c2F)C1. The van der Waals surface area contributed by atoms with Crippen LogP contribution in [0.2, 0.25) is 0 Å². The maximum Gasteiger partial charge on any atom is 0.424 e. The van der Waals surface area contributed by atoms with Crippen LogP contribution in [0.5, 0.6) is 0 Å². The van der Waals surface area contributed by atoms with Crippen molar-refractivity contribution in [3.63, 3.8) is 0 Å². The molecule has 1 aliphatic heterocycles. The quantitative estimate of drug-likeness (QED) is 0.465. The number of nitrogens with zero attached hydrogens (tertiary/aromatic N) is 3. The maximum atomic E-state index is 15.9. The van der Waals surface area contributed by atoms with Crippen molar-refractivity contribution in [1.82, 2.24) is 14.6 Å². The summed E-state index contributed by atoms with van der Waals surface area (Å²) in [5, 5.41) is 11.0. The van der Waals surface area contributed by atoms with Gasteiger partial charge >= 0.3 is 17.9 Å². The number of anilines is 2. The fourth-order valence-corrected chi connectivity index (χ4v) is 4.23. The molecular formula is C21H26F2N6O6. The summed E-state index contributed by atoms with van der Waals surface area (Å²) in [5.41, 5.74) is 2.75. The molecule has 1 aromatic carbocycles. The second-order valence-electron chi connectivity index (χ2n) is 9.63. The molecule has 5 N–H and O–H groups in total. The van der Waals surface area contributed by atoms with Gasteiger partial charge in [0.1, 0.15) is 11.3 Å². The van der Waals surface area contributed by atoms with E-state index in [1.54, 1.807) is 26.2 Å². The van der Waals surface area contributed by atoms with Crippen LogP contribution in [0.4, 0.5) is 29.7 Å². The second kappa shape index (κ2) is 8.43. The molecule has 0 radical (unpaired) electrons. The van der Waals surface area contributed by atoms with Crippen LogP contribution in [-0.4, -0.2) is 51.3 Å². The molecule has 0 unspecified atom stereocenters. The minimum Gasteiger partial charge on any atom is -0.464 e. The fourth-order valence-electron chi connectivity index (χ4n) is 4.23. The summed E-state index contributed by atoms with van der Waals surface area (Å²) >= 11 is 0. The summed E-state index contributed by atoms with van der Waals surface area (Å²) in [6.07, 6.45) is -1.05. The van der Waals surface area contributed by atoms with Crippen molar-refractivity contribution in [3.8, 4) is 0 Å². The summed E-state index contributed by atoms with van der Waals surface area (Å²) in [6, 6.07) is -0.973. The van der Waals surface area contributed by atoms with E-state index in [0.29, 0.717) is 19.3 Å². The Morgan fingerprint density at radius 3 is 2.37 bits per heavy atom. The first-order valence-corrected chi connectivity index (χ1v) is 11.0. The van der Waals surface area contributed by atoms with E-state index in [0.717, 1.165) is 4.57 Å². The summed E-state index contributed by atoms with van der Waals surface area (Å²) in [7, 11) is 0. The van der Waals surface area contributed by atoms with Crippen LogP contribution >= 0.6 is 0 Å². The van der Waals surface area contributed by atoms with Crippen molar-refractivity contribution in [3.05, 3.63) is 32.5 Å². The minimum atomic E-state index is -1.71. The lowest BCUT2D eigenvalue weighted by Crippen LogP contribution is -2.47. The Bertz CT molecular complexity index is 1340. The van der Waals surface area contributed by atoms with E-state index in [2.05, 4.69) is 5.32 Å². The molecular weight excluding hydrogens is 470 g/mol. The molecule has 2 heterocycles. The van der Waals surface area contributed by atoms with Crippen LogP contribution in [0.1, 0.15) is 46.1 Å². The number of carboxylic acid groups (broad SMARTS) is 1. The number of benzene rings is 1. The fraction of sp³-hybridized carbons (Fsp3) is 0.524. The van der Waals surface area contributed by atoms with Gasteiger partial charge in [-0.25, -0.2) is 28.6 Å². The predicted molar refractivity (Wildman–Crippen MR) is 122 cm³/mol. The number of carbonyl (C=O) groups is 2. The summed E-state index contributed by atoms with van der Waals surface area (Å²) in [6.45, 7) is 5.30. The number of nitrogen functional groups attached to an aromatic ring is 1. The number of amides is 2. The Morgan fingerprint density at radius 1 is 1.14 bits per heavy atom. The van der Waals surface area contributed by atoms with Gasteiger partial charge in [0.25, 0.3) is 5.56 Å². The molecule has 2 aliphatic rings. The van der Waals surface area contributed by atoms with Crippen LogP contribution in [0.3, 0.4) is 0 Å². The third-order valence-corrected chi connectivity index (χ3v) is 5.77. The lowest BCUT2D eigenvalue weighted by molar-refractivity contribution is 0.0509. The highest BCUT2D eigenvalue weighted by atomic mass is 19.1. The number of aromatic nitrogens is 2. The van der Waals surface area contributed by atoms with Crippen LogP contribution in [-0.2, 0) is 4.74 Å². The molecule has 4 rings (SSSR count). The van der Waals surface area contributed by atoms with Gasteiger partial charge in [-0.05, 0) is 40.0 Å². The van der Waals surface area contributed by atoms with Crippen molar-refractivity contribution >= 4 is 34.5 Å². The second-order valence-corrected chi connectivity index (χ2v) is 9.63. The highest BCUT2D eigenvalue weighted by molar-refractivity contribution is 5.95. The number of ether oxygens (including phenoxy) is 1. The summed E-state index contributed by atoms with van der Waals surface area (Å²) in [4.78, 5) is 50.3. The molecule has 0 spiro atoms. The number of hydrogen-bond donors (Lipinski definition) is 4. The molecule has 1 aliphatic carbocycles. The number of nitrogens with two attached hydrogens (primary N) is 1. The van der Waals surface area contributed by atoms with Crippen molar-refractivity contribution in [1.29, 1.82) is 0 Å². The first-order chi connectivity index (χ1) is 16.3. The first kappa shape index (κ1) is 24.3. The van der Waals surface area contributed by atoms with Gasteiger partial charge in [0.15, 0.2) is 11.6 Å². The number of carbonyl (C=O) groups excluding carboxylic acids is 1. The largest absolute Gasteiger partial charge is 0.464 e. The third-order valence-electron chi connectivity index (χ3n) is 5.77. The van der Waals surface area contributed by atoms with Crippen LogP contribution in [0.15, 0.2) is 9.59 Å². The molecule has 2 aromatic rings. The Hall–Kier alpha value is -3.84. The van der Waals surface area contributed by atoms with Crippen molar-refractivity contribution in [2.24, 2.45) is 0 Å². The van der Waals surface area contributed by atoms with E-state index in [-0.39, 0.29) is 17.8 Å². The molecule has 1 saturated heterocycles. The molecule has 0 bridgehead atoms. The Balaban J connectivity index is 1.79.